The van der Waals surface area contributed by atoms with E-state index >= 15 is 0 Å². The number of hydrogen-bond donors (Lipinski definition) is 0. The molecular weight excluding hydrogens is 924 g/mol. The van der Waals surface area contributed by atoms with Crippen LogP contribution in [0, 0.1) is 13.8 Å². The molecule has 7 heteroatoms. The van der Waals surface area contributed by atoms with E-state index in [0.29, 0.717) is 0 Å². The molecule has 0 atom stereocenters. The van der Waals surface area contributed by atoms with Gasteiger partial charge in [-0.2, -0.15) is 0 Å². The molecule has 0 bridgehead atoms. The summed E-state index contributed by atoms with van der Waals surface area (Å²) >= 11 is -5.65. The summed E-state index contributed by atoms with van der Waals surface area (Å²) in [6, 6.07) is 66.0. The van der Waals surface area contributed by atoms with E-state index in [1.165, 1.54) is 82.2 Å². The second-order valence-corrected chi connectivity index (χ2v) is 37.6. The van der Waals surface area contributed by atoms with Crippen LogP contribution >= 0.6 is 0 Å². The van der Waals surface area contributed by atoms with Crippen LogP contribution in [-0.2, 0) is 0 Å². The summed E-state index contributed by atoms with van der Waals surface area (Å²) in [7, 11) is 0. The zero-order valence-electron chi connectivity index (χ0n) is 38.0. The van der Waals surface area contributed by atoms with Gasteiger partial charge < -0.3 is 0 Å². The van der Waals surface area contributed by atoms with Gasteiger partial charge in [-0.1, -0.05) is 0 Å². The summed E-state index contributed by atoms with van der Waals surface area (Å²) < 4.78 is 16.1. The Hall–Kier alpha value is -6.80. The molecule has 316 valence electrons. The van der Waals surface area contributed by atoms with Gasteiger partial charge in [-0.15, -0.1) is 0 Å². The summed E-state index contributed by atoms with van der Waals surface area (Å²) in [5, 5.41) is 2.69. The van der Waals surface area contributed by atoms with E-state index in [1.807, 2.05) is 0 Å². The first-order valence-electron chi connectivity index (χ1n) is 23.2. The average Bonchev–Trinajstić information content (AvgIpc) is 4.14. The molecule has 0 amide bonds. The first kappa shape index (κ1) is 38.5. The molecule has 8 aromatic carbocycles. The van der Waals surface area contributed by atoms with Crippen molar-refractivity contribution < 1.29 is 0 Å². The van der Waals surface area contributed by atoms with Crippen LogP contribution in [0.15, 0.2) is 176 Å². The number of imidazole rings is 2. The average molecular weight is 971 g/mol. The molecule has 2 aliphatic rings. The van der Waals surface area contributed by atoms with Crippen molar-refractivity contribution >= 4 is 94.0 Å². The fraction of sp³-hybridized carbons (Fsp3) is 0.102. The Morgan fingerprint density at radius 2 is 0.955 bits per heavy atom. The van der Waals surface area contributed by atoms with Gasteiger partial charge in [-0.25, -0.2) is 0 Å². The van der Waals surface area contributed by atoms with Crippen LogP contribution in [0.3, 0.4) is 0 Å². The molecular formula is C59H47Ge2N5. The third-order valence-corrected chi connectivity index (χ3v) is 29.7. The van der Waals surface area contributed by atoms with Crippen LogP contribution in [0.25, 0.3) is 100 Å². The van der Waals surface area contributed by atoms with E-state index in [9.17, 15) is 0 Å². The molecule has 66 heavy (non-hydrogen) atoms. The normalized spacial score (nSPS) is 14.5. The first-order valence-corrected chi connectivity index (χ1v) is 35.8. The molecule has 0 saturated heterocycles. The topological polar surface area (TPSA) is 32.1 Å². The second kappa shape index (κ2) is 13.4. The predicted molar refractivity (Wildman–Crippen MR) is 282 cm³/mol. The summed E-state index contributed by atoms with van der Waals surface area (Å²) in [5.41, 5.74) is 21.6. The summed E-state index contributed by atoms with van der Waals surface area (Å²) in [5.74, 6) is 11.3. The zero-order chi connectivity index (χ0) is 44.4. The van der Waals surface area contributed by atoms with Crippen molar-refractivity contribution in [3.05, 3.63) is 187 Å². The summed E-state index contributed by atoms with van der Waals surface area (Å²) in [6.45, 7) is 4.69. The monoisotopic (exact) mass is 973 g/mol. The maximum absolute atomic E-state index is 5.24. The fourth-order valence-corrected chi connectivity index (χ4v) is 26.6. The molecule has 14 rings (SSSR count). The van der Waals surface area contributed by atoms with Crippen LogP contribution in [0.2, 0.25) is 23.0 Å². The van der Waals surface area contributed by atoms with E-state index < -0.39 is 26.5 Å². The minimum absolute atomic E-state index is 0.927. The van der Waals surface area contributed by atoms with Crippen molar-refractivity contribution in [3.8, 4) is 50.4 Å². The molecule has 0 N–H and O–H groups in total. The Labute approximate surface area is 388 Å². The first-order chi connectivity index (χ1) is 32.1. The minimum atomic E-state index is -2.87. The quantitative estimate of drug-likeness (QED) is 0.162. The molecule has 0 unspecified atom stereocenters. The Morgan fingerprint density at radius 1 is 0.379 bits per heavy atom. The van der Waals surface area contributed by atoms with Crippen molar-refractivity contribution in [2.45, 2.75) is 36.9 Å². The number of fused-ring (bicyclic) bond motifs is 15. The number of aryl methyl sites for hydroxylation is 2. The van der Waals surface area contributed by atoms with Crippen LogP contribution in [0.4, 0.5) is 0 Å². The maximum atomic E-state index is 5.24. The molecule has 0 spiro atoms. The third kappa shape index (κ3) is 4.94. The van der Waals surface area contributed by atoms with Gasteiger partial charge in [-0.3, -0.25) is 0 Å². The van der Waals surface area contributed by atoms with Crippen LogP contribution < -0.4 is 17.8 Å². The number of aromatic nitrogens is 5. The van der Waals surface area contributed by atoms with Gasteiger partial charge in [0.05, 0.1) is 0 Å². The van der Waals surface area contributed by atoms with Crippen molar-refractivity contribution in [3.63, 3.8) is 0 Å². The van der Waals surface area contributed by atoms with E-state index in [-0.39, 0.29) is 0 Å². The number of rotatable bonds is 4. The predicted octanol–water partition coefficient (Wildman–Crippen LogP) is 12.2. The van der Waals surface area contributed by atoms with E-state index in [0.717, 1.165) is 33.5 Å². The SMILES string of the molecule is Cc1c[c]2c(cc1-c1cc3c4[c](n(-c5cccc(-n6c7ccccc7n7c8ccccc8nc67)c5)c3cc1C)[Ge]([CH3])([CH3])[c]1ccccc1-4)-c1[c](n(-c3ccccc3)c3ccccc13)[Ge]2([CH3])[CH3]. The molecule has 2 aliphatic heterocycles. The second-order valence-electron chi connectivity index (χ2n) is 19.7. The molecule has 0 fully saturated rings. The van der Waals surface area contributed by atoms with Gasteiger partial charge in [-0.05, 0) is 0 Å². The van der Waals surface area contributed by atoms with Crippen molar-refractivity contribution in [2.24, 2.45) is 0 Å². The van der Waals surface area contributed by atoms with E-state index in [4.69, 9.17) is 4.98 Å². The van der Waals surface area contributed by atoms with Gasteiger partial charge in [0.1, 0.15) is 0 Å². The van der Waals surface area contributed by atoms with E-state index in [2.05, 4.69) is 231 Å². The van der Waals surface area contributed by atoms with Crippen LogP contribution in [0.5, 0.6) is 0 Å². The Morgan fingerprint density at radius 3 is 1.76 bits per heavy atom. The molecule has 0 radical (unpaired) electrons. The standard InChI is InChI=1S/C59H47Ge2N5/c1-36-31-48-45(56-42-24-11-14-27-50(42)63(58(56)61(48,5)6)38-19-8-7-9-20-38)34-43(36)44-35-46-54(32-37(44)2)64(57-55(46)41-23-10-12-25-47(41)60(57,3)4)39-21-18-22-40(33-39)65-52-29-16-17-30-53(52)66-51-28-15-13-26-49(51)62-59(65)66/h7-35H,1-6H3. The zero-order valence-corrected chi connectivity index (χ0v) is 42.2. The van der Waals surface area contributed by atoms with E-state index in [1.54, 1.807) is 13.3 Å². The molecule has 4 aromatic heterocycles. The van der Waals surface area contributed by atoms with Crippen molar-refractivity contribution in [1.29, 1.82) is 0 Å². The van der Waals surface area contributed by atoms with Crippen molar-refractivity contribution in [1.82, 2.24) is 23.1 Å². The number of nitrogens with zero attached hydrogens (tertiary/aromatic N) is 5. The fourth-order valence-electron chi connectivity index (χ4n) is 12.4. The van der Waals surface area contributed by atoms with Crippen LogP contribution in [0.1, 0.15) is 11.1 Å². The number of para-hydroxylation sites is 6. The molecule has 12 aromatic rings. The summed E-state index contributed by atoms with van der Waals surface area (Å²) in [4.78, 5) is 5.24. The third-order valence-electron chi connectivity index (χ3n) is 15.3. The van der Waals surface area contributed by atoms with Gasteiger partial charge in [0.2, 0.25) is 0 Å². The molecule has 0 aliphatic carbocycles. The number of benzene rings is 8. The van der Waals surface area contributed by atoms with Gasteiger partial charge in [0.25, 0.3) is 0 Å². The van der Waals surface area contributed by atoms with Crippen molar-refractivity contribution in [2.75, 3.05) is 0 Å². The Kier molecular flexibility index (Phi) is 7.81. The van der Waals surface area contributed by atoms with Gasteiger partial charge >= 0.3 is 391 Å². The number of hydrogen-bond acceptors (Lipinski definition) is 1. The van der Waals surface area contributed by atoms with Gasteiger partial charge in [0.15, 0.2) is 0 Å². The summed E-state index contributed by atoms with van der Waals surface area (Å²) in [6.07, 6.45) is 0. The van der Waals surface area contributed by atoms with Crippen LogP contribution in [-0.4, -0.2) is 49.6 Å². The molecule has 5 nitrogen and oxygen atoms in total. The molecule has 6 heterocycles. The van der Waals surface area contributed by atoms with Gasteiger partial charge in [0, 0.05) is 0 Å². The Balaban J connectivity index is 1.01. The Bertz CT molecular complexity index is 4080. The molecule has 0 saturated carbocycles.